The second-order valence-corrected chi connectivity index (χ2v) is 5.06. The van der Waals surface area contributed by atoms with Crippen molar-refractivity contribution in [1.29, 1.82) is 0 Å². The number of methoxy groups -OCH3 is 1. The highest BCUT2D eigenvalue weighted by Gasteiger charge is 2.45. The number of hydrogen-bond acceptors (Lipinski definition) is 4. The van der Waals surface area contributed by atoms with E-state index in [9.17, 15) is 14.7 Å². The Morgan fingerprint density at radius 2 is 2.10 bits per heavy atom. The van der Waals surface area contributed by atoms with Gasteiger partial charge in [0.15, 0.2) is 0 Å². The maximum absolute atomic E-state index is 12.2. The molecule has 2 rings (SSSR count). The van der Waals surface area contributed by atoms with Gasteiger partial charge in [-0.2, -0.15) is 0 Å². The zero-order chi connectivity index (χ0) is 15.3. The van der Waals surface area contributed by atoms with Crippen LogP contribution in [0.25, 0.3) is 0 Å². The van der Waals surface area contributed by atoms with Crippen LogP contribution in [-0.4, -0.2) is 42.8 Å². The Kier molecular flexibility index (Phi) is 4.80. The van der Waals surface area contributed by atoms with Gasteiger partial charge in [0.1, 0.15) is 17.9 Å². The normalized spacial score (nSPS) is 15.9. The molecule has 0 aliphatic heterocycles. The Hall–Kier alpha value is -2.08. The fourth-order valence-corrected chi connectivity index (χ4v) is 2.18. The van der Waals surface area contributed by atoms with E-state index in [2.05, 4.69) is 5.32 Å². The second-order valence-electron chi connectivity index (χ2n) is 5.06. The van der Waals surface area contributed by atoms with Crippen LogP contribution in [0.2, 0.25) is 0 Å². The van der Waals surface area contributed by atoms with Crippen molar-refractivity contribution >= 4 is 11.9 Å². The molecule has 0 radical (unpaired) electrons. The number of amides is 1. The number of benzene rings is 1. The van der Waals surface area contributed by atoms with Gasteiger partial charge in [-0.05, 0) is 37.5 Å². The maximum atomic E-state index is 12.2. The minimum absolute atomic E-state index is 0.387. The Morgan fingerprint density at radius 1 is 1.33 bits per heavy atom. The Labute approximate surface area is 123 Å². The summed E-state index contributed by atoms with van der Waals surface area (Å²) in [6.45, 7) is 0.846. The van der Waals surface area contributed by atoms with Gasteiger partial charge in [0, 0.05) is 12.7 Å². The van der Waals surface area contributed by atoms with Crippen LogP contribution in [0.3, 0.4) is 0 Å². The number of aliphatic carboxylic acids is 1. The van der Waals surface area contributed by atoms with E-state index < -0.39 is 17.4 Å². The van der Waals surface area contributed by atoms with Crippen LogP contribution in [0.15, 0.2) is 24.3 Å². The van der Waals surface area contributed by atoms with Gasteiger partial charge in [0.25, 0.3) is 5.91 Å². The van der Waals surface area contributed by atoms with E-state index in [-0.39, 0.29) is 0 Å². The highest BCUT2D eigenvalue weighted by molar-refractivity contribution is 5.98. The molecule has 1 aromatic rings. The van der Waals surface area contributed by atoms with Gasteiger partial charge in [-0.25, -0.2) is 4.79 Å². The van der Waals surface area contributed by atoms with Crippen LogP contribution in [-0.2, 0) is 9.53 Å². The average molecular weight is 293 g/mol. The minimum Gasteiger partial charge on any atom is -0.491 e. The number of carboxylic acids is 1. The molecule has 1 aliphatic carbocycles. The first-order valence-electron chi connectivity index (χ1n) is 6.85. The molecule has 0 atom stereocenters. The van der Waals surface area contributed by atoms with Gasteiger partial charge in [0.05, 0.1) is 6.61 Å². The average Bonchev–Trinajstić information content (AvgIpc) is 2.43. The van der Waals surface area contributed by atoms with Gasteiger partial charge in [-0.1, -0.05) is 6.07 Å². The van der Waals surface area contributed by atoms with E-state index in [1.54, 1.807) is 31.4 Å². The number of ether oxygens (including phenoxy) is 2. The predicted molar refractivity (Wildman–Crippen MR) is 75.5 cm³/mol. The van der Waals surface area contributed by atoms with Crippen molar-refractivity contribution in [2.24, 2.45) is 0 Å². The zero-order valence-electron chi connectivity index (χ0n) is 11.9. The molecule has 114 valence electrons. The summed E-state index contributed by atoms with van der Waals surface area (Å²) in [4.78, 5) is 23.4. The van der Waals surface area contributed by atoms with E-state index in [0.29, 0.717) is 37.4 Å². The third-order valence-corrected chi connectivity index (χ3v) is 3.62. The molecule has 1 saturated carbocycles. The van der Waals surface area contributed by atoms with Crippen LogP contribution < -0.4 is 10.1 Å². The lowest BCUT2D eigenvalue weighted by Crippen LogP contribution is -2.59. The largest absolute Gasteiger partial charge is 0.491 e. The summed E-state index contributed by atoms with van der Waals surface area (Å²) in [6, 6.07) is 6.67. The first-order chi connectivity index (χ1) is 10.1. The van der Waals surface area contributed by atoms with Crippen molar-refractivity contribution in [3.63, 3.8) is 0 Å². The fourth-order valence-electron chi connectivity index (χ4n) is 2.18. The molecule has 0 spiro atoms. The Balaban J connectivity index is 2.02. The van der Waals surface area contributed by atoms with Gasteiger partial charge < -0.3 is 19.9 Å². The van der Waals surface area contributed by atoms with Crippen LogP contribution in [0, 0.1) is 0 Å². The summed E-state index contributed by atoms with van der Waals surface area (Å²) >= 11 is 0. The lowest BCUT2D eigenvalue weighted by molar-refractivity contribution is -0.148. The van der Waals surface area contributed by atoms with Crippen LogP contribution in [0.4, 0.5) is 0 Å². The third kappa shape index (κ3) is 3.52. The summed E-state index contributed by atoms with van der Waals surface area (Å²) < 4.78 is 10.3. The Morgan fingerprint density at radius 3 is 2.67 bits per heavy atom. The van der Waals surface area contributed by atoms with Crippen molar-refractivity contribution in [3.8, 4) is 5.75 Å². The number of rotatable bonds is 7. The summed E-state index contributed by atoms with van der Waals surface area (Å²) in [5.74, 6) is -0.818. The molecule has 0 bridgehead atoms. The molecule has 2 N–H and O–H groups in total. The summed E-state index contributed by atoms with van der Waals surface area (Å²) in [5.41, 5.74) is -0.721. The molecular weight excluding hydrogens is 274 g/mol. The highest BCUT2D eigenvalue weighted by atomic mass is 16.5. The van der Waals surface area contributed by atoms with Gasteiger partial charge in [-0.3, -0.25) is 4.79 Å². The molecule has 6 heteroatoms. The van der Waals surface area contributed by atoms with Crippen molar-refractivity contribution in [2.45, 2.75) is 24.8 Å². The van der Waals surface area contributed by atoms with Gasteiger partial charge in [-0.15, -0.1) is 0 Å². The molecule has 0 aromatic heterocycles. The number of nitrogens with one attached hydrogen (secondary N) is 1. The Bertz CT molecular complexity index is 525. The summed E-state index contributed by atoms with van der Waals surface area (Å²) in [7, 11) is 1.58. The van der Waals surface area contributed by atoms with E-state index >= 15 is 0 Å². The summed E-state index contributed by atoms with van der Waals surface area (Å²) in [5, 5.41) is 11.8. The van der Waals surface area contributed by atoms with Crippen molar-refractivity contribution < 1.29 is 24.2 Å². The van der Waals surface area contributed by atoms with Crippen LogP contribution in [0.5, 0.6) is 5.75 Å². The van der Waals surface area contributed by atoms with Crippen molar-refractivity contribution in [1.82, 2.24) is 5.32 Å². The number of carboxylic acid groups (broad SMARTS) is 1. The van der Waals surface area contributed by atoms with E-state index in [1.807, 2.05) is 0 Å². The standard InChI is InChI=1S/C15H19NO5/c1-20-8-9-21-12-5-2-4-11(10-12)13(17)16-15(14(18)19)6-3-7-15/h2,4-5,10H,3,6-9H2,1H3,(H,16,17)(H,18,19). The number of carbonyl (C=O) groups is 2. The van der Waals surface area contributed by atoms with E-state index in [1.165, 1.54) is 0 Å². The molecule has 21 heavy (non-hydrogen) atoms. The van der Waals surface area contributed by atoms with E-state index in [0.717, 1.165) is 6.42 Å². The molecule has 6 nitrogen and oxygen atoms in total. The van der Waals surface area contributed by atoms with Gasteiger partial charge in [0.2, 0.25) is 0 Å². The predicted octanol–water partition coefficient (Wildman–Crippen LogP) is 1.45. The lowest BCUT2D eigenvalue weighted by Gasteiger charge is -2.38. The molecule has 0 saturated heterocycles. The van der Waals surface area contributed by atoms with Crippen molar-refractivity contribution in [3.05, 3.63) is 29.8 Å². The molecule has 1 fully saturated rings. The third-order valence-electron chi connectivity index (χ3n) is 3.62. The molecule has 0 unspecified atom stereocenters. The fraction of sp³-hybridized carbons (Fsp3) is 0.467. The smallest absolute Gasteiger partial charge is 0.329 e. The monoisotopic (exact) mass is 293 g/mol. The molecule has 1 aromatic carbocycles. The van der Waals surface area contributed by atoms with Crippen molar-refractivity contribution in [2.75, 3.05) is 20.3 Å². The van der Waals surface area contributed by atoms with Crippen LogP contribution >= 0.6 is 0 Å². The maximum Gasteiger partial charge on any atom is 0.329 e. The first-order valence-corrected chi connectivity index (χ1v) is 6.85. The quantitative estimate of drug-likeness (QED) is 0.743. The molecular formula is C15H19NO5. The first kappa shape index (κ1) is 15.3. The van der Waals surface area contributed by atoms with Gasteiger partial charge >= 0.3 is 5.97 Å². The number of hydrogen-bond donors (Lipinski definition) is 2. The minimum atomic E-state index is -1.11. The topological polar surface area (TPSA) is 84.9 Å². The molecule has 1 aliphatic rings. The zero-order valence-corrected chi connectivity index (χ0v) is 11.9. The molecule has 0 heterocycles. The van der Waals surface area contributed by atoms with E-state index in [4.69, 9.17) is 9.47 Å². The number of carbonyl (C=O) groups excluding carboxylic acids is 1. The highest BCUT2D eigenvalue weighted by Crippen LogP contribution is 2.32. The SMILES string of the molecule is COCCOc1cccc(C(=O)NC2(C(=O)O)CCC2)c1. The summed E-state index contributed by atoms with van der Waals surface area (Å²) in [6.07, 6.45) is 1.75. The second kappa shape index (κ2) is 6.58. The van der Waals surface area contributed by atoms with Crippen LogP contribution in [0.1, 0.15) is 29.6 Å². The lowest BCUT2D eigenvalue weighted by atomic mass is 9.76. The molecule has 1 amide bonds.